The van der Waals surface area contributed by atoms with Crippen molar-refractivity contribution in [3.05, 3.63) is 98.1 Å². The molecule has 198 valence electrons. The van der Waals surface area contributed by atoms with Crippen molar-refractivity contribution in [3.8, 4) is 11.1 Å². The molecule has 1 aliphatic heterocycles. The van der Waals surface area contributed by atoms with Crippen LogP contribution in [0.25, 0.3) is 16.7 Å². The average Bonchev–Trinajstić information content (AvgIpc) is 3.79. The van der Waals surface area contributed by atoms with E-state index in [9.17, 15) is 4.79 Å². The van der Waals surface area contributed by atoms with Crippen molar-refractivity contribution < 1.29 is 14.3 Å². The third-order valence-corrected chi connectivity index (χ3v) is 9.00. The summed E-state index contributed by atoms with van der Waals surface area (Å²) in [4.78, 5) is 16.5. The Morgan fingerprint density at radius 1 is 1.03 bits per heavy atom. The van der Waals surface area contributed by atoms with E-state index in [1.165, 1.54) is 0 Å². The van der Waals surface area contributed by atoms with Gasteiger partial charge in [-0.3, -0.25) is 4.79 Å². The van der Waals surface area contributed by atoms with E-state index >= 15 is 0 Å². The van der Waals surface area contributed by atoms with Crippen LogP contribution in [-0.4, -0.2) is 49.9 Å². The number of ether oxygens (including phenoxy) is 2. The van der Waals surface area contributed by atoms with Crippen molar-refractivity contribution >= 4 is 45.7 Å². The number of nitrogens with one attached hydrogen (secondary N) is 1. The zero-order valence-corrected chi connectivity index (χ0v) is 24.4. The number of carbonyl (C=O) groups is 1. The highest BCUT2D eigenvalue weighted by Gasteiger charge is 2.38. The Bertz CT molecular complexity index is 1310. The Kier molecular flexibility index (Phi) is 9.17. The van der Waals surface area contributed by atoms with Gasteiger partial charge in [0.1, 0.15) is 6.79 Å². The molecule has 0 radical (unpaired) electrons. The molecular weight excluding hydrogens is 611 g/mol. The summed E-state index contributed by atoms with van der Waals surface area (Å²) < 4.78 is 11.9. The second-order valence-electron chi connectivity index (χ2n) is 9.75. The van der Waals surface area contributed by atoms with Crippen molar-refractivity contribution in [2.45, 2.75) is 37.9 Å². The molecule has 1 amide bonds. The standard InChI is InChI=1S/C31H32ClIN2O3/c1-37-20-38-19-28-29(31(36)35(25-13-14-25)18-24-11-6-12-27(32)30(24)33)26(15-16-34-28)23-10-5-9-22(17-23)21-7-3-2-4-8-21/h2-12,17,25,28,34H,13-16,18-20H2,1H3/t28-/m1/s1. The van der Waals surface area contributed by atoms with E-state index in [1.807, 2.05) is 23.1 Å². The third kappa shape index (κ3) is 6.32. The zero-order valence-electron chi connectivity index (χ0n) is 21.5. The summed E-state index contributed by atoms with van der Waals surface area (Å²) in [6.45, 7) is 1.86. The van der Waals surface area contributed by atoms with Crippen LogP contribution in [0.5, 0.6) is 0 Å². The summed E-state index contributed by atoms with van der Waals surface area (Å²) in [6, 6.07) is 24.8. The number of hydrogen-bond acceptors (Lipinski definition) is 4. The van der Waals surface area contributed by atoms with Crippen molar-refractivity contribution in [1.82, 2.24) is 10.2 Å². The number of halogens is 2. The molecule has 7 heteroatoms. The van der Waals surface area contributed by atoms with Gasteiger partial charge in [-0.1, -0.05) is 72.3 Å². The van der Waals surface area contributed by atoms with Gasteiger partial charge in [0.2, 0.25) is 0 Å². The van der Waals surface area contributed by atoms with E-state index in [-0.39, 0.29) is 24.8 Å². The van der Waals surface area contributed by atoms with Gasteiger partial charge in [0.15, 0.2) is 0 Å². The fourth-order valence-electron chi connectivity index (χ4n) is 5.07. The van der Waals surface area contributed by atoms with Crippen LogP contribution in [0, 0.1) is 3.57 Å². The zero-order chi connectivity index (χ0) is 26.5. The molecule has 3 aromatic carbocycles. The summed E-state index contributed by atoms with van der Waals surface area (Å²) >= 11 is 8.71. The van der Waals surface area contributed by atoms with Crippen LogP contribution in [0.4, 0.5) is 0 Å². The molecule has 0 unspecified atom stereocenters. The first-order chi connectivity index (χ1) is 18.6. The topological polar surface area (TPSA) is 50.8 Å². The molecule has 0 aromatic heterocycles. The lowest BCUT2D eigenvalue weighted by atomic mass is 9.87. The van der Waals surface area contributed by atoms with Gasteiger partial charge in [-0.05, 0) is 88.4 Å². The maximum absolute atomic E-state index is 14.5. The van der Waals surface area contributed by atoms with E-state index in [0.29, 0.717) is 18.2 Å². The lowest BCUT2D eigenvalue weighted by Gasteiger charge is -2.33. The van der Waals surface area contributed by atoms with Crippen LogP contribution in [0.2, 0.25) is 5.02 Å². The number of carbonyl (C=O) groups excluding carboxylic acids is 1. The Labute approximate surface area is 243 Å². The maximum Gasteiger partial charge on any atom is 0.252 e. The monoisotopic (exact) mass is 642 g/mol. The van der Waals surface area contributed by atoms with Crippen molar-refractivity contribution in [2.75, 3.05) is 27.1 Å². The second-order valence-corrected chi connectivity index (χ2v) is 11.2. The lowest BCUT2D eigenvalue weighted by molar-refractivity contribution is -0.129. The number of hydrogen-bond donors (Lipinski definition) is 1. The van der Waals surface area contributed by atoms with E-state index in [0.717, 1.165) is 62.8 Å². The summed E-state index contributed by atoms with van der Waals surface area (Å²) in [5, 5.41) is 4.26. The van der Waals surface area contributed by atoms with Crippen molar-refractivity contribution in [1.29, 1.82) is 0 Å². The molecule has 0 spiro atoms. The largest absolute Gasteiger partial charge is 0.359 e. The SMILES string of the molecule is COCOC[C@H]1NCCC(c2cccc(-c3ccccc3)c2)=C1C(=O)N(Cc1cccc(Cl)c1I)C1CC1. The molecular formula is C31H32ClIN2O3. The highest BCUT2D eigenvalue weighted by atomic mass is 127. The molecule has 0 bridgehead atoms. The number of amides is 1. The Morgan fingerprint density at radius 3 is 2.53 bits per heavy atom. The molecule has 1 N–H and O–H groups in total. The van der Waals surface area contributed by atoms with Crippen LogP contribution in [0.3, 0.4) is 0 Å². The van der Waals surface area contributed by atoms with E-state index in [4.69, 9.17) is 21.1 Å². The predicted molar refractivity (Wildman–Crippen MR) is 161 cm³/mol. The van der Waals surface area contributed by atoms with Crippen LogP contribution in [0.1, 0.15) is 30.4 Å². The summed E-state index contributed by atoms with van der Waals surface area (Å²) in [7, 11) is 1.61. The van der Waals surface area contributed by atoms with E-state index < -0.39 is 0 Å². The van der Waals surface area contributed by atoms with Gasteiger partial charge < -0.3 is 19.7 Å². The highest BCUT2D eigenvalue weighted by Crippen LogP contribution is 2.36. The first kappa shape index (κ1) is 27.3. The molecule has 1 aliphatic carbocycles. The molecule has 2 aliphatic rings. The van der Waals surface area contributed by atoms with Crippen molar-refractivity contribution in [3.63, 3.8) is 0 Å². The molecule has 1 saturated carbocycles. The molecule has 1 atom stereocenters. The normalized spacial score (nSPS) is 17.5. The van der Waals surface area contributed by atoms with Gasteiger partial charge in [0.25, 0.3) is 5.91 Å². The summed E-state index contributed by atoms with van der Waals surface area (Å²) in [5.74, 6) is 0.0709. The average molecular weight is 643 g/mol. The first-order valence-electron chi connectivity index (χ1n) is 13.0. The third-order valence-electron chi connectivity index (χ3n) is 7.09. The Balaban J connectivity index is 1.55. The van der Waals surface area contributed by atoms with Gasteiger partial charge in [0, 0.05) is 28.8 Å². The lowest BCUT2D eigenvalue weighted by Crippen LogP contribution is -2.47. The smallest absolute Gasteiger partial charge is 0.252 e. The van der Waals surface area contributed by atoms with Gasteiger partial charge in [-0.2, -0.15) is 0 Å². The fourth-order valence-corrected chi connectivity index (χ4v) is 5.79. The van der Waals surface area contributed by atoms with Gasteiger partial charge >= 0.3 is 0 Å². The fraction of sp³-hybridized carbons (Fsp3) is 0.323. The van der Waals surface area contributed by atoms with Crippen LogP contribution in [0.15, 0.2) is 78.4 Å². The number of rotatable bonds is 10. The Morgan fingerprint density at radius 2 is 1.76 bits per heavy atom. The molecule has 5 nitrogen and oxygen atoms in total. The molecule has 1 fully saturated rings. The number of nitrogens with zero attached hydrogens (tertiary/aromatic N) is 1. The highest BCUT2D eigenvalue weighted by molar-refractivity contribution is 14.1. The van der Waals surface area contributed by atoms with Crippen LogP contribution < -0.4 is 5.32 Å². The van der Waals surface area contributed by atoms with E-state index in [2.05, 4.69) is 82.5 Å². The molecule has 3 aromatic rings. The van der Waals surface area contributed by atoms with E-state index in [1.54, 1.807) is 7.11 Å². The number of benzene rings is 3. The van der Waals surface area contributed by atoms with Crippen LogP contribution in [-0.2, 0) is 20.8 Å². The van der Waals surface area contributed by atoms with Crippen LogP contribution >= 0.6 is 34.2 Å². The molecule has 38 heavy (non-hydrogen) atoms. The minimum atomic E-state index is -0.221. The quantitative estimate of drug-likeness (QED) is 0.155. The second kappa shape index (κ2) is 12.7. The summed E-state index contributed by atoms with van der Waals surface area (Å²) in [5.41, 5.74) is 6.33. The van der Waals surface area contributed by atoms with Gasteiger partial charge in [-0.15, -0.1) is 0 Å². The number of methoxy groups -OCH3 is 1. The maximum atomic E-state index is 14.5. The first-order valence-corrected chi connectivity index (χ1v) is 14.4. The van der Waals surface area contributed by atoms with Crippen molar-refractivity contribution in [2.24, 2.45) is 0 Å². The van der Waals surface area contributed by atoms with Gasteiger partial charge in [-0.25, -0.2) is 0 Å². The minimum Gasteiger partial charge on any atom is -0.359 e. The predicted octanol–water partition coefficient (Wildman–Crippen LogP) is 6.54. The molecule has 0 saturated heterocycles. The Hall–Kier alpha value is -2.23. The molecule has 5 rings (SSSR count). The summed E-state index contributed by atoms with van der Waals surface area (Å²) in [6.07, 6.45) is 2.81. The minimum absolute atomic E-state index is 0.0709. The van der Waals surface area contributed by atoms with Gasteiger partial charge in [0.05, 0.1) is 17.7 Å². The molecule has 1 heterocycles.